The number of hydrogen-bond donors (Lipinski definition) is 0. The lowest BCUT2D eigenvalue weighted by Crippen LogP contribution is -2.34. The van der Waals surface area contributed by atoms with Crippen LogP contribution in [-0.4, -0.2) is 33.1 Å². The van der Waals surface area contributed by atoms with Gasteiger partial charge in [0.15, 0.2) is 0 Å². The summed E-state index contributed by atoms with van der Waals surface area (Å²) < 4.78 is 16.5. The predicted octanol–water partition coefficient (Wildman–Crippen LogP) is 13.7. The Morgan fingerprint density at radius 1 is 0.286 bits per heavy atom. The van der Waals surface area contributed by atoms with Gasteiger partial charge in [0.25, 0.3) is 17.9 Å². The molecule has 0 rings (SSSR count). The van der Waals surface area contributed by atoms with Crippen molar-refractivity contribution in [2.24, 2.45) is 0 Å². The standard InChI is InChI=1S/3C14H28O2.Al/c3*1-2-3-4-5-6-7-8-9-10-11-12-13-14(15)16;/h3*2-13H2,1H3,(H,15,16);/q;;;+3/p-3. The van der Waals surface area contributed by atoms with Gasteiger partial charge in [-0.1, -0.05) is 213 Å². The molecule has 0 fully saturated rings. The summed E-state index contributed by atoms with van der Waals surface area (Å²) >= 11 is -3.22. The lowest BCUT2D eigenvalue weighted by molar-refractivity contribution is -0.148. The Balaban J connectivity index is 4.35. The van der Waals surface area contributed by atoms with Crippen LogP contribution >= 0.6 is 0 Å². The molecule has 288 valence electrons. The van der Waals surface area contributed by atoms with Gasteiger partial charge in [-0.05, 0) is 19.3 Å². The van der Waals surface area contributed by atoms with Crippen LogP contribution < -0.4 is 0 Å². The zero-order valence-electron chi connectivity index (χ0n) is 33.0. The molecule has 0 saturated heterocycles. The third-order valence-electron chi connectivity index (χ3n) is 9.64. The molecule has 0 atom stereocenters. The van der Waals surface area contributed by atoms with Gasteiger partial charge in [-0.25, -0.2) is 0 Å². The van der Waals surface area contributed by atoms with E-state index in [1.165, 1.54) is 154 Å². The van der Waals surface area contributed by atoms with Crippen LogP contribution in [0, 0.1) is 0 Å². The highest BCUT2D eigenvalue weighted by Crippen LogP contribution is 2.16. The summed E-state index contributed by atoms with van der Waals surface area (Å²) in [7, 11) is 0. The first-order chi connectivity index (χ1) is 24.0. The highest BCUT2D eigenvalue weighted by atomic mass is 27.3. The van der Waals surface area contributed by atoms with Crippen molar-refractivity contribution < 1.29 is 25.7 Å². The van der Waals surface area contributed by atoms with Crippen molar-refractivity contribution in [3.05, 3.63) is 0 Å². The second-order valence-electron chi connectivity index (χ2n) is 14.6. The van der Waals surface area contributed by atoms with Gasteiger partial charge < -0.3 is 11.4 Å². The van der Waals surface area contributed by atoms with Crippen molar-refractivity contribution in [2.45, 2.75) is 252 Å². The quantitative estimate of drug-likeness (QED) is 0.0467. The maximum absolute atomic E-state index is 12.6. The van der Waals surface area contributed by atoms with Gasteiger partial charge in [0.1, 0.15) is 0 Å². The van der Waals surface area contributed by atoms with E-state index in [1.54, 1.807) is 0 Å². The van der Waals surface area contributed by atoms with E-state index in [0.717, 1.165) is 57.8 Å². The smallest absolute Gasteiger partial charge is 0.551 e. The van der Waals surface area contributed by atoms with Gasteiger partial charge in [-0.15, -0.1) is 0 Å². The zero-order chi connectivity index (χ0) is 35.9. The largest absolute Gasteiger partial charge is 1.20 e. The molecule has 0 aromatic heterocycles. The third kappa shape index (κ3) is 38.0. The topological polar surface area (TPSA) is 78.9 Å². The normalized spacial score (nSPS) is 11.1. The molecule has 0 amide bonds. The first kappa shape index (κ1) is 47.9. The molecule has 0 aliphatic heterocycles. The van der Waals surface area contributed by atoms with E-state index in [0.29, 0.717) is 0 Å². The molecule has 0 unspecified atom stereocenters. The van der Waals surface area contributed by atoms with Gasteiger partial charge in [-0.3, -0.25) is 14.4 Å². The monoisotopic (exact) mass is 709 g/mol. The fraction of sp³-hybridized carbons (Fsp3) is 0.929. The van der Waals surface area contributed by atoms with Crippen LogP contribution in [0.3, 0.4) is 0 Å². The number of rotatable bonds is 39. The van der Waals surface area contributed by atoms with Crippen molar-refractivity contribution in [3.8, 4) is 0 Å². The van der Waals surface area contributed by atoms with E-state index in [-0.39, 0.29) is 19.3 Å². The number of unbranched alkanes of at least 4 members (excludes halogenated alkanes) is 30. The van der Waals surface area contributed by atoms with Gasteiger partial charge in [0.05, 0.1) is 0 Å². The van der Waals surface area contributed by atoms with Gasteiger partial charge in [0, 0.05) is 19.3 Å². The minimum absolute atomic E-state index is 0.271. The van der Waals surface area contributed by atoms with Crippen molar-refractivity contribution in [1.82, 2.24) is 0 Å². The molecule has 49 heavy (non-hydrogen) atoms. The molecule has 0 aliphatic rings. The van der Waals surface area contributed by atoms with Crippen LogP contribution in [0.1, 0.15) is 252 Å². The summed E-state index contributed by atoms with van der Waals surface area (Å²) in [5.41, 5.74) is 0. The molecule has 6 nitrogen and oxygen atoms in total. The van der Waals surface area contributed by atoms with Crippen LogP contribution in [0.2, 0.25) is 0 Å². The van der Waals surface area contributed by atoms with Crippen molar-refractivity contribution in [1.29, 1.82) is 0 Å². The SMILES string of the molecule is CCCCCCCCCCCCCC(=O)[O][Al]([O]C(=O)CCCCCCCCCCCCC)[O]C(=O)CCCCCCCCCCCCC. The van der Waals surface area contributed by atoms with Gasteiger partial charge in [0.2, 0.25) is 0 Å². The first-order valence-electron chi connectivity index (χ1n) is 21.6. The highest BCUT2D eigenvalue weighted by molar-refractivity contribution is 6.44. The van der Waals surface area contributed by atoms with Crippen LogP contribution in [0.15, 0.2) is 0 Å². The van der Waals surface area contributed by atoms with E-state index in [9.17, 15) is 14.4 Å². The van der Waals surface area contributed by atoms with Crippen molar-refractivity contribution >= 4 is 33.1 Å². The second kappa shape index (κ2) is 39.7. The summed E-state index contributed by atoms with van der Waals surface area (Å²) in [4.78, 5) is 37.9. The predicted molar refractivity (Wildman–Crippen MR) is 207 cm³/mol. The Bertz CT molecular complexity index is 635. The minimum Gasteiger partial charge on any atom is -0.551 e. The molecular formula is C42H81AlO6. The average molecular weight is 709 g/mol. The maximum Gasteiger partial charge on any atom is 1.20 e. The third-order valence-corrected chi connectivity index (χ3v) is 11.0. The summed E-state index contributed by atoms with van der Waals surface area (Å²) in [6, 6.07) is 0. The van der Waals surface area contributed by atoms with Crippen molar-refractivity contribution in [2.75, 3.05) is 0 Å². The lowest BCUT2D eigenvalue weighted by Gasteiger charge is -2.14. The van der Waals surface area contributed by atoms with Gasteiger partial charge in [-0.2, -0.15) is 0 Å². The first-order valence-corrected chi connectivity index (χ1v) is 23.0. The van der Waals surface area contributed by atoms with Gasteiger partial charge >= 0.3 is 15.1 Å². The van der Waals surface area contributed by atoms with E-state index in [1.807, 2.05) is 0 Å². The molecule has 0 bridgehead atoms. The molecule has 0 spiro atoms. The van der Waals surface area contributed by atoms with E-state index in [4.69, 9.17) is 11.4 Å². The number of hydrogen-bond acceptors (Lipinski definition) is 6. The molecule has 0 radical (unpaired) electrons. The summed E-state index contributed by atoms with van der Waals surface area (Å²) in [6.45, 7) is 6.74. The van der Waals surface area contributed by atoms with E-state index >= 15 is 0 Å². The molecule has 0 aliphatic carbocycles. The summed E-state index contributed by atoms with van der Waals surface area (Å²) in [5.74, 6) is -1.26. The molecular weight excluding hydrogens is 627 g/mol. The Hall–Kier alpha value is -1.06. The maximum atomic E-state index is 12.6. The average Bonchev–Trinajstić information content (AvgIpc) is 3.08. The Labute approximate surface area is 309 Å². The van der Waals surface area contributed by atoms with Crippen LogP contribution in [0.25, 0.3) is 0 Å². The molecule has 0 N–H and O–H groups in total. The summed E-state index contributed by atoms with van der Waals surface area (Å²) in [5, 5.41) is 0. The fourth-order valence-electron chi connectivity index (χ4n) is 6.37. The molecule has 0 aromatic carbocycles. The van der Waals surface area contributed by atoms with Crippen LogP contribution in [-0.2, 0) is 25.7 Å². The zero-order valence-corrected chi connectivity index (χ0v) is 34.1. The highest BCUT2D eigenvalue weighted by Gasteiger charge is 2.48. The Kier molecular flexibility index (Phi) is 38.9. The second-order valence-corrected chi connectivity index (χ2v) is 15.9. The summed E-state index contributed by atoms with van der Waals surface area (Å²) in [6.07, 6.45) is 40.6. The lowest BCUT2D eigenvalue weighted by atomic mass is 10.1. The molecule has 0 heterocycles. The Morgan fingerprint density at radius 3 is 0.633 bits per heavy atom. The fourth-order valence-corrected chi connectivity index (χ4v) is 7.51. The molecule has 7 heteroatoms. The number of carbonyl (C=O) groups excluding carboxylic acids is 3. The molecule has 0 saturated carbocycles. The van der Waals surface area contributed by atoms with Crippen LogP contribution in [0.4, 0.5) is 0 Å². The molecule has 0 aromatic rings. The minimum atomic E-state index is -3.22. The van der Waals surface area contributed by atoms with Crippen molar-refractivity contribution in [3.63, 3.8) is 0 Å². The van der Waals surface area contributed by atoms with Crippen LogP contribution in [0.5, 0.6) is 0 Å². The Morgan fingerprint density at radius 2 is 0.449 bits per heavy atom. The van der Waals surface area contributed by atoms with E-state index < -0.39 is 33.1 Å². The van der Waals surface area contributed by atoms with E-state index in [2.05, 4.69) is 20.8 Å². The number of carbonyl (C=O) groups is 3.